The van der Waals surface area contributed by atoms with E-state index in [1.165, 1.54) is 25.0 Å². The Hall–Kier alpha value is -1.51. The van der Waals surface area contributed by atoms with Crippen molar-refractivity contribution in [2.24, 2.45) is 10.9 Å². The van der Waals surface area contributed by atoms with E-state index in [1.807, 2.05) is 18.7 Å². The molecule has 0 radical (unpaired) electrons. The Balaban J connectivity index is 1.82. The molecule has 0 amide bonds. The van der Waals surface area contributed by atoms with Crippen molar-refractivity contribution in [3.8, 4) is 0 Å². The summed E-state index contributed by atoms with van der Waals surface area (Å²) in [4.78, 5) is 6.68. The Labute approximate surface area is 101 Å². The molecule has 4 aliphatic rings. The van der Waals surface area contributed by atoms with Crippen molar-refractivity contribution in [1.29, 1.82) is 0 Å². The molecule has 1 aliphatic carbocycles. The smallest absolute Gasteiger partial charge is 0.119 e. The highest BCUT2D eigenvalue weighted by Crippen LogP contribution is 2.46. The molecule has 3 nitrogen and oxygen atoms in total. The van der Waals surface area contributed by atoms with Gasteiger partial charge in [0.05, 0.1) is 12.3 Å². The van der Waals surface area contributed by atoms with Crippen molar-refractivity contribution in [3.05, 3.63) is 36.0 Å². The van der Waals surface area contributed by atoms with Crippen LogP contribution < -0.4 is 0 Å². The molecule has 3 heterocycles. The molecule has 0 spiro atoms. The van der Waals surface area contributed by atoms with E-state index in [9.17, 15) is 0 Å². The van der Waals surface area contributed by atoms with Crippen LogP contribution in [0.3, 0.4) is 0 Å². The van der Waals surface area contributed by atoms with Gasteiger partial charge in [0.25, 0.3) is 0 Å². The van der Waals surface area contributed by atoms with Crippen LogP contribution in [0.25, 0.3) is 0 Å². The zero-order valence-electron chi connectivity index (χ0n) is 9.75. The van der Waals surface area contributed by atoms with Crippen molar-refractivity contribution in [2.45, 2.75) is 37.8 Å². The SMILES string of the molecule is C1=CC2=C(CC=N1)C1CCCC3OC=CN2C31. The van der Waals surface area contributed by atoms with Gasteiger partial charge in [0.1, 0.15) is 6.10 Å². The third-order valence-corrected chi connectivity index (χ3v) is 4.38. The summed E-state index contributed by atoms with van der Waals surface area (Å²) in [5.41, 5.74) is 2.93. The van der Waals surface area contributed by atoms with Gasteiger partial charge in [-0.25, -0.2) is 0 Å². The minimum atomic E-state index is 0.385. The highest BCUT2D eigenvalue weighted by molar-refractivity contribution is 5.65. The standard InChI is InChI=1S/C14H16N2O/c1-2-11-10-4-6-15-7-5-12(10)16-8-9-17-13(3-1)14(11)16/h5-9,11,13-14H,1-4H2. The van der Waals surface area contributed by atoms with E-state index >= 15 is 0 Å². The molecule has 0 bridgehead atoms. The number of hydrogen-bond donors (Lipinski definition) is 0. The normalized spacial score (nSPS) is 37.6. The number of hydrogen-bond acceptors (Lipinski definition) is 3. The van der Waals surface area contributed by atoms with Crippen LogP contribution in [-0.4, -0.2) is 23.3 Å². The number of nitrogens with zero attached hydrogens (tertiary/aromatic N) is 2. The molecule has 0 aromatic carbocycles. The summed E-state index contributed by atoms with van der Waals surface area (Å²) >= 11 is 0. The monoisotopic (exact) mass is 228 g/mol. The molecule has 3 unspecified atom stereocenters. The van der Waals surface area contributed by atoms with Gasteiger partial charge in [-0.1, -0.05) is 0 Å². The van der Waals surface area contributed by atoms with Crippen molar-refractivity contribution < 1.29 is 4.74 Å². The van der Waals surface area contributed by atoms with E-state index in [1.54, 1.807) is 5.57 Å². The fourth-order valence-corrected chi connectivity index (χ4v) is 3.71. The maximum atomic E-state index is 5.79. The lowest BCUT2D eigenvalue weighted by molar-refractivity contribution is 0.00894. The van der Waals surface area contributed by atoms with Crippen molar-refractivity contribution in [3.63, 3.8) is 0 Å². The van der Waals surface area contributed by atoms with Gasteiger partial charge < -0.3 is 9.64 Å². The first-order valence-corrected chi connectivity index (χ1v) is 6.47. The second-order valence-electron chi connectivity index (χ2n) is 5.16. The van der Waals surface area contributed by atoms with Gasteiger partial charge in [-0.15, -0.1) is 0 Å². The van der Waals surface area contributed by atoms with E-state index in [4.69, 9.17) is 4.74 Å². The summed E-state index contributed by atoms with van der Waals surface area (Å²) in [6.45, 7) is 0. The fourth-order valence-electron chi connectivity index (χ4n) is 3.71. The van der Waals surface area contributed by atoms with E-state index in [-0.39, 0.29) is 0 Å². The highest BCUT2D eigenvalue weighted by Gasteiger charge is 2.46. The van der Waals surface area contributed by atoms with Gasteiger partial charge in [0.15, 0.2) is 0 Å². The van der Waals surface area contributed by atoms with Crippen LogP contribution >= 0.6 is 0 Å². The second-order valence-corrected chi connectivity index (χ2v) is 5.16. The van der Waals surface area contributed by atoms with E-state index < -0.39 is 0 Å². The predicted octanol–water partition coefficient (Wildman–Crippen LogP) is 2.58. The average molecular weight is 228 g/mol. The minimum Gasteiger partial charge on any atom is -0.494 e. The van der Waals surface area contributed by atoms with Crippen LogP contribution in [0.2, 0.25) is 0 Å². The maximum Gasteiger partial charge on any atom is 0.119 e. The molecule has 0 aromatic heterocycles. The first-order chi connectivity index (χ1) is 8.45. The quantitative estimate of drug-likeness (QED) is 0.636. The van der Waals surface area contributed by atoms with E-state index in [2.05, 4.69) is 22.2 Å². The maximum absolute atomic E-state index is 5.79. The number of allylic oxidation sites excluding steroid dienone is 1. The van der Waals surface area contributed by atoms with Gasteiger partial charge in [0.2, 0.25) is 0 Å². The zero-order chi connectivity index (χ0) is 11.2. The molecule has 3 atom stereocenters. The van der Waals surface area contributed by atoms with E-state index in [0.717, 1.165) is 6.42 Å². The van der Waals surface area contributed by atoms with Crippen LogP contribution in [0.15, 0.2) is 41.0 Å². The number of ether oxygens (including phenoxy) is 1. The average Bonchev–Trinajstić information content (AvgIpc) is 2.55. The molecule has 0 aromatic rings. The van der Waals surface area contributed by atoms with Gasteiger partial charge in [-0.2, -0.15) is 0 Å². The largest absolute Gasteiger partial charge is 0.494 e. The van der Waals surface area contributed by atoms with Gasteiger partial charge in [-0.05, 0) is 30.9 Å². The van der Waals surface area contributed by atoms with Crippen LogP contribution in [0.5, 0.6) is 0 Å². The summed E-state index contributed by atoms with van der Waals surface area (Å²) in [6, 6.07) is 0.537. The Kier molecular flexibility index (Phi) is 1.95. The van der Waals surface area contributed by atoms with Gasteiger partial charge >= 0.3 is 0 Å². The van der Waals surface area contributed by atoms with E-state index in [0.29, 0.717) is 18.1 Å². The van der Waals surface area contributed by atoms with Crippen molar-refractivity contribution in [1.82, 2.24) is 4.90 Å². The van der Waals surface area contributed by atoms with Crippen molar-refractivity contribution in [2.75, 3.05) is 0 Å². The van der Waals surface area contributed by atoms with Gasteiger partial charge in [0, 0.05) is 36.7 Å². The molecule has 3 heteroatoms. The lowest BCUT2D eigenvalue weighted by Gasteiger charge is -2.41. The van der Waals surface area contributed by atoms with Crippen molar-refractivity contribution >= 4 is 6.21 Å². The summed E-state index contributed by atoms with van der Waals surface area (Å²) in [7, 11) is 0. The summed E-state index contributed by atoms with van der Waals surface area (Å²) in [5.74, 6) is 0.669. The summed E-state index contributed by atoms with van der Waals surface area (Å²) in [5, 5.41) is 0. The summed E-state index contributed by atoms with van der Waals surface area (Å²) < 4.78 is 5.79. The van der Waals surface area contributed by atoms with Crippen LogP contribution in [0, 0.1) is 5.92 Å². The predicted molar refractivity (Wildman–Crippen MR) is 66.3 cm³/mol. The van der Waals surface area contributed by atoms with Gasteiger partial charge in [-0.3, -0.25) is 4.99 Å². The number of rotatable bonds is 0. The summed E-state index contributed by atoms with van der Waals surface area (Å²) in [6.07, 6.45) is 15.2. The highest BCUT2D eigenvalue weighted by atomic mass is 16.5. The first-order valence-electron chi connectivity index (χ1n) is 6.47. The molecule has 3 aliphatic heterocycles. The molecule has 88 valence electrons. The Morgan fingerprint density at radius 2 is 2.35 bits per heavy atom. The Bertz CT molecular complexity index is 461. The minimum absolute atomic E-state index is 0.385. The first kappa shape index (κ1) is 9.51. The fraction of sp³-hybridized carbons (Fsp3) is 0.500. The molecular weight excluding hydrogens is 212 g/mol. The topological polar surface area (TPSA) is 24.8 Å². The molecular formula is C14H16N2O. The second kappa shape index (κ2) is 3.49. The number of fused-ring (bicyclic) bond motifs is 2. The molecule has 4 rings (SSSR count). The Morgan fingerprint density at radius 1 is 1.35 bits per heavy atom. The number of aliphatic imine (C=N–C) groups is 1. The molecule has 0 saturated heterocycles. The molecule has 1 saturated carbocycles. The molecule has 0 N–H and O–H groups in total. The third kappa shape index (κ3) is 1.25. The lowest BCUT2D eigenvalue weighted by atomic mass is 9.79. The van der Waals surface area contributed by atoms with Crippen LogP contribution in [0.1, 0.15) is 25.7 Å². The molecule has 1 fully saturated rings. The van der Waals surface area contributed by atoms with Crippen LogP contribution in [-0.2, 0) is 4.74 Å². The Morgan fingerprint density at radius 3 is 3.35 bits per heavy atom. The third-order valence-electron chi connectivity index (χ3n) is 4.38. The zero-order valence-corrected chi connectivity index (χ0v) is 9.75. The van der Waals surface area contributed by atoms with Crippen LogP contribution in [0.4, 0.5) is 0 Å². The molecule has 17 heavy (non-hydrogen) atoms. The lowest BCUT2D eigenvalue weighted by Crippen LogP contribution is -2.46.